The molecule has 0 spiro atoms. The molecule has 1 atom stereocenters. The fourth-order valence-corrected chi connectivity index (χ4v) is 1.70. The van der Waals surface area contributed by atoms with Gasteiger partial charge in [0, 0.05) is 0 Å². The molecule has 104 valence electrons. The Labute approximate surface area is 118 Å². The van der Waals surface area contributed by atoms with Crippen LogP contribution < -0.4 is 5.73 Å². The molecule has 0 saturated heterocycles. The zero-order valence-corrected chi connectivity index (χ0v) is 11.1. The molecular weight excluding hydrogens is 252 g/mol. The highest BCUT2D eigenvalue weighted by Gasteiger charge is 1.98. The summed E-state index contributed by atoms with van der Waals surface area (Å²) in [7, 11) is 0. The molecule has 0 aliphatic carbocycles. The first-order valence-corrected chi connectivity index (χ1v) is 6.46. The molecular formula is C16H18N2O2. The second-order valence-corrected chi connectivity index (χ2v) is 4.44. The van der Waals surface area contributed by atoms with E-state index < -0.39 is 6.04 Å². The van der Waals surface area contributed by atoms with Crippen molar-refractivity contribution in [3.63, 3.8) is 0 Å². The van der Waals surface area contributed by atoms with Crippen LogP contribution >= 0.6 is 0 Å². The molecule has 3 N–H and O–H groups in total. The number of oxime groups is 1. The Kier molecular flexibility index (Phi) is 5.29. The molecule has 2 aromatic rings. The van der Waals surface area contributed by atoms with Crippen molar-refractivity contribution in [2.75, 3.05) is 6.61 Å². The smallest absolute Gasteiger partial charge is 0.142 e. The SMILES string of the molecule is NC(/C=N/OCc1ccc(-c2ccccc2)cc1)CO. The molecule has 20 heavy (non-hydrogen) atoms. The third kappa shape index (κ3) is 4.19. The lowest BCUT2D eigenvalue weighted by atomic mass is 10.0. The average Bonchev–Trinajstić information content (AvgIpc) is 2.52. The maximum Gasteiger partial charge on any atom is 0.142 e. The molecule has 0 saturated carbocycles. The summed E-state index contributed by atoms with van der Waals surface area (Å²) >= 11 is 0. The van der Waals surface area contributed by atoms with Gasteiger partial charge in [0.2, 0.25) is 0 Å². The summed E-state index contributed by atoms with van der Waals surface area (Å²) in [5, 5.41) is 12.4. The van der Waals surface area contributed by atoms with Crippen LogP contribution in [-0.2, 0) is 11.4 Å². The monoisotopic (exact) mass is 270 g/mol. The summed E-state index contributed by atoms with van der Waals surface area (Å²) in [6.07, 6.45) is 1.39. The van der Waals surface area contributed by atoms with E-state index in [2.05, 4.69) is 29.4 Å². The summed E-state index contributed by atoms with van der Waals surface area (Å²) in [4.78, 5) is 5.12. The largest absolute Gasteiger partial charge is 0.394 e. The Hall–Kier alpha value is -2.17. The van der Waals surface area contributed by atoms with Crippen molar-refractivity contribution in [1.29, 1.82) is 0 Å². The second kappa shape index (κ2) is 7.43. The van der Waals surface area contributed by atoms with Crippen LogP contribution in [0.15, 0.2) is 59.8 Å². The quantitative estimate of drug-likeness (QED) is 0.624. The first kappa shape index (κ1) is 14.2. The third-order valence-corrected chi connectivity index (χ3v) is 2.83. The van der Waals surface area contributed by atoms with Gasteiger partial charge in [0.1, 0.15) is 6.61 Å². The number of nitrogens with zero attached hydrogens (tertiary/aromatic N) is 1. The minimum absolute atomic E-state index is 0.140. The zero-order valence-electron chi connectivity index (χ0n) is 11.1. The molecule has 2 aromatic carbocycles. The summed E-state index contributed by atoms with van der Waals surface area (Å²) in [6, 6.07) is 17.8. The Bertz CT molecular complexity index is 538. The molecule has 0 fully saturated rings. The topological polar surface area (TPSA) is 67.8 Å². The number of rotatable bonds is 6. The van der Waals surface area contributed by atoms with Crippen molar-refractivity contribution in [3.05, 3.63) is 60.2 Å². The molecule has 0 amide bonds. The van der Waals surface area contributed by atoms with E-state index in [1.165, 1.54) is 17.3 Å². The maximum absolute atomic E-state index is 8.72. The lowest BCUT2D eigenvalue weighted by molar-refractivity contribution is 0.130. The maximum atomic E-state index is 8.72. The third-order valence-electron chi connectivity index (χ3n) is 2.83. The highest BCUT2D eigenvalue weighted by molar-refractivity contribution is 5.64. The van der Waals surface area contributed by atoms with Gasteiger partial charge in [-0.1, -0.05) is 59.8 Å². The summed E-state index contributed by atoms with van der Waals surface area (Å²) in [5.41, 5.74) is 8.84. The van der Waals surface area contributed by atoms with Gasteiger partial charge < -0.3 is 15.7 Å². The Balaban J connectivity index is 1.91. The van der Waals surface area contributed by atoms with Crippen molar-refractivity contribution in [1.82, 2.24) is 0 Å². The fourth-order valence-electron chi connectivity index (χ4n) is 1.70. The van der Waals surface area contributed by atoms with Crippen LogP contribution in [0.25, 0.3) is 11.1 Å². The van der Waals surface area contributed by atoms with Crippen molar-refractivity contribution >= 4 is 6.21 Å². The summed E-state index contributed by atoms with van der Waals surface area (Å²) in [5.74, 6) is 0. The van der Waals surface area contributed by atoms with E-state index in [9.17, 15) is 0 Å². The first-order chi connectivity index (χ1) is 9.79. The Morgan fingerprint density at radius 1 is 1.05 bits per heavy atom. The van der Waals surface area contributed by atoms with Gasteiger partial charge in [0.15, 0.2) is 0 Å². The van der Waals surface area contributed by atoms with Crippen molar-refractivity contribution < 1.29 is 9.94 Å². The van der Waals surface area contributed by atoms with Crippen molar-refractivity contribution in [2.45, 2.75) is 12.6 Å². The Morgan fingerprint density at radius 2 is 1.70 bits per heavy atom. The molecule has 2 rings (SSSR count). The van der Waals surface area contributed by atoms with Gasteiger partial charge in [-0.15, -0.1) is 0 Å². The standard InChI is InChI=1S/C16H18N2O2/c17-16(11-19)10-18-20-12-13-6-8-15(9-7-13)14-4-2-1-3-5-14/h1-10,16,19H,11-12,17H2/b18-10+. The minimum Gasteiger partial charge on any atom is -0.394 e. The van der Waals surface area contributed by atoms with E-state index in [-0.39, 0.29) is 6.61 Å². The van der Waals surface area contributed by atoms with Crippen LogP contribution in [0.2, 0.25) is 0 Å². The molecule has 0 aliphatic rings. The highest BCUT2D eigenvalue weighted by Crippen LogP contribution is 2.19. The summed E-state index contributed by atoms with van der Waals surface area (Å²) < 4.78 is 0. The lowest BCUT2D eigenvalue weighted by Gasteiger charge is -2.04. The van der Waals surface area contributed by atoms with Gasteiger partial charge in [-0.3, -0.25) is 0 Å². The van der Waals surface area contributed by atoms with E-state index in [1.807, 2.05) is 30.3 Å². The predicted molar refractivity (Wildman–Crippen MR) is 80.2 cm³/mol. The van der Waals surface area contributed by atoms with Crippen LogP contribution in [0.3, 0.4) is 0 Å². The molecule has 0 aliphatic heterocycles. The van der Waals surface area contributed by atoms with E-state index in [4.69, 9.17) is 15.7 Å². The molecule has 0 bridgehead atoms. The number of hydrogen-bond acceptors (Lipinski definition) is 4. The summed E-state index contributed by atoms with van der Waals surface area (Å²) in [6.45, 7) is 0.238. The van der Waals surface area contributed by atoms with Gasteiger partial charge in [0.25, 0.3) is 0 Å². The number of aliphatic hydroxyl groups excluding tert-OH is 1. The first-order valence-electron chi connectivity index (χ1n) is 6.46. The molecule has 0 heterocycles. The van der Waals surface area contributed by atoms with E-state index in [0.717, 1.165) is 5.56 Å². The van der Waals surface area contributed by atoms with Crippen LogP contribution in [0.4, 0.5) is 0 Å². The fraction of sp³-hybridized carbons (Fsp3) is 0.188. The second-order valence-electron chi connectivity index (χ2n) is 4.44. The molecule has 0 aromatic heterocycles. The number of nitrogens with two attached hydrogens (primary N) is 1. The van der Waals surface area contributed by atoms with Gasteiger partial charge in [-0.05, 0) is 16.7 Å². The van der Waals surface area contributed by atoms with Gasteiger partial charge in [-0.2, -0.15) is 0 Å². The minimum atomic E-state index is -0.476. The molecule has 0 radical (unpaired) electrons. The lowest BCUT2D eigenvalue weighted by Crippen LogP contribution is -2.25. The van der Waals surface area contributed by atoms with Crippen LogP contribution in [0.5, 0.6) is 0 Å². The average molecular weight is 270 g/mol. The van der Waals surface area contributed by atoms with Crippen LogP contribution in [0, 0.1) is 0 Å². The molecule has 4 heteroatoms. The zero-order chi connectivity index (χ0) is 14.2. The van der Waals surface area contributed by atoms with Crippen LogP contribution in [0.1, 0.15) is 5.56 Å². The molecule has 1 unspecified atom stereocenters. The molecule has 4 nitrogen and oxygen atoms in total. The van der Waals surface area contributed by atoms with E-state index >= 15 is 0 Å². The predicted octanol–water partition coefficient (Wildman–Crippen LogP) is 2.18. The van der Waals surface area contributed by atoms with E-state index in [0.29, 0.717) is 6.61 Å². The number of hydrogen-bond donors (Lipinski definition) is 2. The van der Waals surface area contributed by atoms with Gasteiger partial charge in [-0.25, -0.2) is 0 Å². The van der Waals surface area contributed by atoms with Crippen molar-refractivity contribution in [2.24, 2.45) is 10.9 Å². The Morgan fingerprint density at radius 3 is 2.35 bits per heavy atom. The number of benzene rings is 2. The van der Waals surface area contributed by atoms with Gasteiger partial charge >= 0.3 is 0 Å². The number of aliphatic hydroxyl groups is 1. The van der Waals surface area contributed by atoms with E-state index in [1.54, 1.807) is 0 Å². The van der Waals surface area contributed by atoms with Crippen molar-refractivity contribution in [3.8, 4) is 11.1 Å². The highest BCUT2D eigenvalue weighted by atomic mass is 16.6. The van der Waals surface area contributed by atoms with Gasteiger partial charge in [0.05, 0.1) is 18.9 Å². The normalized spacial score (nSPS) is 12.5. The van der Waals surface area contributed by atoms with Crippen LogP contribution in [-0.4, -0.2) is 24.0 Å².